The summed E-state index contributed by atoms with van der Waals surface area (Å²) in [6.45, 7) is 4.69. The van der Waals surface area contributed by atoms with Crippen molar-refractivity contribution in [2.24, 2.45) is 0 Å². The van der Waals surface area contributed by atoms with Gasteiger partial charge in [-0.1, -0.05) is 0 Å². The number of sulfonamides is 1. The van der Waals surface area contributed by atoms with Gasteiger partial charge in [0.1, 0.15) is 4.88 Å². The molecule has 0 atom stereocenters. The molecule has 2 N–H and O–H groups in total. The van der Waals surface area contributed by atoms with Crippen LogP contribution in [0.5, 0.6) is 0 Å². The number of hydrogen-bond donors (Lipinski definition) is 2. The van der Waals surface area contributed by atoms with E-state index in [0.29, 0.717) is 18.0 Å². The second-order valence-corrected chi connectivity index (χ2v) is 7.77. The summed E-state index contributed by atoms with van der Waals surface area (Å²) in [6.07, 6.45) is 2.33. The van der Waals surface area contributed by atoms with Crippen LogP contribution in [0, 0.1) is 6.92 Å². The van der Waals surface area contributed by atoms with Gasteiger partial charge in [0.25, 0.3) is 0 Å². The minimum atomic E-state index is -3.62. The van der Waals surface area contributed by atoms with Crippen molar-refractivity contribution in [3.8, 4) is 0 Å². The van der Waals surface area contributed by atoms with E-state index in [0.717, 1.165) is 24.4 Å². The number of nitrogens with zero attached hydrogens (tertiary/aromatic N) is 1. The Morgan fingerprint density at radius 2 is 2.10 bits per heavy atom. The zero-order valence-corrected chi connectivity index (χ0v) is 12.9. The number of rotatable bonds is 6. The molecule has 0 amide bonds. The molecule has 6 nitrogen and oxygen atoms in total. The highest BCUT2D eigenvalue weighted by Gasteiger charge is 2.22. The Balaban J connectivity index is 2.00. The molecule has 2 heterocycles. The highest BCUT2D eigenvalue weighted by molar-refractivity contribution is 7.89. The topological polar surface area (TPSA) is 86.7 Å². The van der Waals surface area contributed by atoms with Crippen molar-refractivity contribution in [3.05, 3.63) is 15.8 Å². The molecule has 0 radical (unpaired) electrons. The standard InChI is InChI=1S/C12H18N2O4S2/c1-9-11(8-10(19-9)12(15)16)20(17,18)13-4-7-14-5-2-3-6-14/h8,13H,2-7H2,1H3,(H,15,16). The number of aryl methyl sites for hydroxylation is 1. The largest absolute Gasteiger partial charge is 0.477 e. The molecular formula is C12H18N2O4S2. The van der Waals surface area contributed by atoms with Gasteiger partial charge in [-0.25, -0.2) is 17.9 Å². The highest BCUT2D eigenvalue weighted by atomic mass is 32.2. The molecule has 0 saturated carbocycles. The number of carboxylic acids is 1. The number of nitrogens with one attached hydrogen (secondary N) is 1. The van der Waals surface area contributed by atoms with Crippen LogP contribution >= 0.6 is 11.3 Å². The van der Waals surface area contributed by atoms with Crippen molar-refractivity contribution in [3.63, 3.8) is 0 Å². The third-order valence-corrected chi connectivity index (χ3v) is 6.05. The average Bonchev–Trinajstić information content (AvgIpc) is 2.98. The third-order valence-electron chi connectivity index (χ3n) is 3.29. The van der Waals surface area contributed by atoms with Crippen LogP contribution in [0.4, 0.5) is 0 Å². The van der Waals surface area contributed by atoms with E-state index in [1.165, 1.54) is 18.9 Å². The molecule has 1 aromatic rings. The zero-order chi connectivity index (χ0) is 14.8. The van der Waals surface area contributed by atoms with Crippen molar-refractivity contribution < 1.29 is 18.3 Å². The van der Waals surface area contributed by atoms with E-state index in [4.69, 9.17) is 5.11 Å². The second-order valence-electron chi connectivity index (χ2n) is 4.78. The molecule has 0 aromatic carbocycles. The Morgan fingerprint density at radius 1 is 1.45 bits per heavy atom. The molecule has 1 fully saturated rings. The second kappa shape index (κ2) is 6.21. The summed E-state index contributed by atoms with van der Waals surface area (Å²) in [5, 5.41) is 8.90. The Bertz CT molecular complexity index is 589. The first kappa shape index (κ1) is 15.4. The van der Waals surface area contributed by atoms with Crippen LogP contribution in [0.1, 0.15) is 27.4 Å². The molecule has 2 rings (SSSR count). The Hall–Kier alpha value is -0.960. The first-order chi connectivity index (χ1) is 9.40. The number of hydrogen-bond acceptors (Lipinski definition) is 5. The monoisotopic (exact) mass is 318 g/mol. The zero-order valence-electron chi connectivity index (χ0n) is 11.3. The number of aromatic carboxylic acids is 1. The van der Waals surface area contributed by atoms with Crippen LogP contribution in [0.3, 0.4) is 0 Å². The van der Waals surface area contributed by atoms with Gasteiger partial charge in [-0.05, 0) is 38.9 Å². The minimum absolute atomic E-state index is 0.0439. The van der Waals surface area contributed by atoms with E-state index >= 15 is 0 Å². The lowest BCUT2D eigenvalue weighted by Gasteiger charge is -2.14. The number of carboxylic acid groups (broad SMARTS) is 1. The molecule has 112 valence electrons. The highest BCUT2D eigenvalue weighted by Crippen LogP contribution is 2.25. The van der Waals surface area contributed by atoms with Crippen molar-refractivity contribution in [1.82, 2.24) is 9.62 Å². The smallest absolute Gasteiger partial charge is 0.345 e. The predicted octanol–water partition coefficient (Wildman–Crippen LogP) is 1.13. The van der Waals surface area contributed by atoms with E-state index in [9.17, 15) is 13.2 Å². The quantitative estimate of drug-likeness (QED) is 0.821. The summed E-state index contributed by atoms with van der Waals surface area (Å²) in [6, 6.07) is 1.22. The van der Waals surface area contributed by atoms with Crippen LogP contribution in [0.25, 0.3) is 0 Å². The van der Waals surface area contributed by atoms with E-state index in [2.05, 4.69) is 9.62 Å². The molecule has 1 saturated heterocycles. The first-order valence-corrected chi connectivity index (χ1v) is 8.76. The molecule has 0 spiro atoms. The lowest BCUT2D eigenvalue weighted by molar-refractivity contribution is 0.0702. The van der Waals surface area contributed by atoms with Gasteiger partial charge in [-0.2, -0.15) is 0 Å². The van der Waals surface area contributed by atoms with Gasteiger partial charge in [-0.15, -0.1) is 11.3 Å². The van der Waals surface area contributed by atoms with Crippen molar-refractivity contribution in [1.29, 1.82) is 0 Å². The van der Waals surface area contributed by atoms with Gasteiger partial charge in [0.05, 0.1) is 4.90 Å². The normalized spacial score (nSPS) is 16.6. The molecule has 1 aliphatic rings. The number of thiophene rings is 1. The fraction of sp³-hybridized carbons (Fsp3) is 0.583. The van der Waals surface area contributed by atoms with Crippen LogP contribution < -0.4 is 4.72 Å². The molecular weight excluding hydrogens is 300 g/mol. The van der Waals surface area contributed by atoms with Gasteiger partial charge in [0, 0.05) is 18.0 Å². The van der Waals surface area contributed by atoms with E-state index in [-0.39, 0.29) is 9.77 Å². The van der Waals surface area contributed by atoms with E-state index < -0.39 is 16.0 Å². The molecule has 0 bridgehead atoms. The number of likely N-dealkylation sites (tertiary alicyclic amines) is 1. The third kappa shape index (κ3) is 3.57. The fourth-order valence-electron chi connectivity index (χ4n) is 2.26. The lowest BCUT2D eigenvalue weighted by atomic mass is 10.4. The maximum absolute atomic E-state index is 12.1. The fourth-order valence-corrected chi connectivity index (χ4v) is 4.71. The van der Waals surface area contributed by atoms with Crippen molar-refractivity contribution in [2.75, 3.05) is 26.2 Å². The maximum atomic E-state index is 12.1. The summed E-state index contributed by atoms with van der Waals surface area (Å²) in [4.78, 5) is 13.7. The summed E-state index contributed by atoms with van der Waals surface area (Å²) >= 11 is 0.979. The van der Waals surface area contributed by atoms with Crippen LogP contribution in [0.15, 0.2) is 11.0 Å². The summed E-state index contributed by atoms with van der Waals surface area (Å²) in [7, 11) is -3.62. The SMILES string of the molecule is Cc1sc(C(=O)O)cc1S(=O)(=O)NCCN1CCCC1. The summed E-state index contributed by atoms with van der Waals surface area (Å²) in [5.41, 5.74) is 0. The van der Waals surface area contributed by atoms with Gasteiger partial charge < -0.3 is 10.0 Å². The molecule has 1 aromatic heterocycles. The average molecular weight is 318 g/mol. The minimum Gasteiger partial charge on any atom is -0.477 e. The maximum Gasteiger partial charge on any atom is 0.345 e. The van der Waals surface area contributed by atoms with E-state index in [1.54, 1.807) is 6.92 Å². The van der Waals surface area contributed by atoms with Gasteiger partial charge >= 0.3 is 5.97 Å². The Labute approximate surface area is 122 Å². The van der Waals surface area contributed by atoms with Gasteiger partial charge in [-0.3, -0.25) is 0 Å². The van der Waals surface area contributed by atoms with Gasteiger partial charge in [0.15, 0.2) is 0 Å². The number of carbonyl (C=O) groups is 1. The van der Waals surface area contributed by atoms with Crippen LogP contribution in [0.2, 0.25) is 0 Å². The van der Waals surface area contributed by atoms with E-state index in [1.807, 2.05) is 0 Å². The predicted molar refractivity (Wildman–Crippen MR) is 76.9 cm³/mol. The van der Waals surface area contributed by atoms with Crippen LogP contribution in [-0.2, 0) is 10.0 Å². The summed E-state index contributed by atoms with van der Waals surface area (Å²) < 4.78 is 26.8. The van der Waals surface area contributed by atoms with Crippen molar-refractivity contribution in [2.45, 2.75) is 24.7 Å². The molecule has 0 aliphatic carbocycles. The molecule has 20 heavy (non-hydrogen) atoms. The first-order valence-electron chi connectivity index (χ1n) is 6.46. The van der Waals surface area contributed by atoms with Gasteiger partial charge in [0.2, 0.25) is 10.0 Å². The molecule has 1 aliphatic heterocycles. The molecule has 8 heteroatoms. The molecule has 0 unspecified atom stereocenters. The summed E-state index contributed by atoms with van der Waals surface area (Å²) in [5.74, 6) is -1.10. The lowest BCUT2D eigenvalue weighted by Crippen LogP contribution is -2.33. The van der Waals surface area contributed by atoms with Crippen LogP contribution in [-0.4, -0.2) is 50.6 Å². The van der Waals surface area contributed by atoms with Crippen molar-refractivity contribution >= 4 is 27.3 Å². The Morgan fingerprint density at radius 3 is 2.65 bits per heavy atom. The Kier molecular flexibility index (Phi) is 4.79.